The Morgan fingerprint density at radius 1 is 0.821 bits per heavy atom. The van der Waals surface area contributed by atoms with Crippen molar-refractivity contribution >= 4 is 29.2 Å². The van der Waals surface area contributed by atoms with Crippen LogP contribution in [0.15, 0.2) is 35.4 Å². The predicted molar refractivity (Wildman–Crippen MR) is 113 cm³/mol. The number of rotatable bonds is 8. The van der Waals surface area contributed by atoms with E-state index in [0.717, 1.165) is 5.69 Å². The minimum absolute atomic E-state index is 0.308. The first kappa shape index (κ1) is 21.1. The molecule has 0 saturated heterocycles. The van der Waals surface area contributed by atoms with Gasteiger partial charge in [0.25, 0.3) is 0 Å². The molecule has 150 valence electrons. The van der Waals surface area contributed by atoms with Gasteiger partial charge in [0.2, 0.25) is 5.75 Å². The molecule has 28 heavy (non-hydrogen) atoms. The molecule has 0 unspecified atom stereocenters. The molecular weight excluding hydrogens is 382 g/mol. The predicted octanol–water partition coefficient (Wildman–Crippen LogP) is 3.05. The molecule has 0 aliphatic heterocycles. The number of hydrazone groups is 1. The van der Waals surface area contributed by atoms with Crippen LogP contribution in [0.5, 0.6) is 28.7 Å². The van der Waals surface area contributed by atoms with E-state index in [4.69, 9.17) is 35.9 Å². The third kappa shape index (κ3) is 4.95. The fourth-order valence-electron chi connectivity index (χ4n) is 2.46. The van der Waals surface area contributed by atoms with Crippen molar-refractivity contribution in [2.75, 3.05) is 40.9 Å². The molecule has 0 atom stereocenters. The summed E-state index contributed by atoms with van der Waals surface area (Å²) in [4.78, 5) is 0. The summed E-state index contributed by atoms with van der Waals surface area (Å²) >= 11 is 5.26. The highest BCUT2D eigenvalue weighted by molar-refractivity contribution is 7.80. The Kier molecular flexibility index (Phi) is 7.70. The first-order valence-corrected chi connectivity index (χ1v) is 8.59. The van der Waals surface area contributed by atoms with Crippen molar-refractivity contribution in [1.29, 1.82) is 0 Å². The Morgan fingerprint density at radius 3 is 2.07 bits per heavy atom. The Morgan fingerprint density at radius 2 is 1.46 bits per heavy atom. The van der Waals surface area contributed by atoms with Gasteiger partial charge in [0.15, 0.2) is 28.1 Å². The molecule has 2 rings (SSSR count). The molecule has 0 aliphatic rings. The second-order valence-corrected chi connectivity index (χ2v) is 5.73. The van der Waals surface area contributed by atoms with Crippen LogP contribution >= 0.6 is 12.2 Å². The van der Waals surface area contributed by atoms with Crippen molar-refractivity contribution in [2.45, 2.75) is 0 Å². The SMILES string of the molecule is COc1ccc(NC(=S)NN=Cc2ccc(OC)c(OC)c2OC)cc1OC. The Hall–Kier alpha value is -3.20. The Bertz CT molecular complexity index is 858. The number of ether oxygens (including phenoxy) is 5. The Labute approximate surface area is 169 Å². The van der Waals surface area contributed by atoms with Crippen molar-refractivity contribution < 1.29 is 23.7 Å². The molecule has 8 nitrogen and oxygen atoms in total. The van der Waals surface area contributed by atoms with E-state index >= 15 is 0 Å². The summed E-state index contributed by atoms with van der Waals surface area (Å²) in [6.45, 7) is 0. The van der Waals surface area contributed by atoms with Crippen LogP contribution in [0.4, 0.5) is 5.69 Å². The van der Waals surface area contributed by atoms with Gasteiger partial charge in [-0.05, 0) is 36.5 Å². The fraction of sp³-hybridized carbons (Fsp3) is 0.263. The molecule has 0 heterocycles. The van der Waals surface area contributed by atoms with Crippen LogP contribution in [-0.2, 0) is 0 Å². The zero-order valence-corrected chi connectivity index (χ0v) is 17.2. The van der Waals surface area contributed by atoms with Gasteiger partial charge in [-0.1, -0.05) is 0 Å². The lowest BCUT2D eigenvalue weighted by Crippen LogP contribution is -2.23. The van der Waals surface area contributed by atoms with Crippen LogP contribution in [0.25, 0.3) is 0 Å². The molecule has 9 heteroatoms. The molecule has 0 amide bonds. The monoisotopic (exact) mass is 405 g/mol. The molecule has 0 radical (unpaired) electrons. The summed E-state index contributed by atoms with van der Waals surface area (Å²) in [7, 11) is 7.80. The second kappa shape index (κ2) is 10.2. The maximum atomic E-state index is 5.41. The lowest BCUT2D eigenvalue weighted by atomic mass is 10.2. The number of hydrogen-bond donors (Lipinski definition) is 2. The van der Waals surface area contributed by atoms with E-state index in [2.05, 4.69) is 15.8 Å². The van der Waals surface area contributed by atoms with E-state index in [1.54, 1.807) is 66.0 Å². The molecule has 0 bridgehead atoms. The summed E-state index contributed by atoms with van der Waals surface area (Å²) in [6, 6.07) is 8.94. The number of thiocarbonyl (C=S) groups is 1. The zero-order valence-electron chi connectivity index (χ0n) is 16.4. The standard InChI is InChI=1S/C19H23N3O5S/c1-23-14-9-7-13(10-16(14)25-3)21-19(28)22-20-11-12-6-8-15(24-2)18(27-5)17(12)26-4/h6-11H,1-5H3,(H2,21,22,28). The zero-order chi connectivity index (χ0) is 20.5. The molecule has 0 spiro atoms. The van der Waals surface area contributed by atoms with Crippen LogP contribution in [0.3, 0.4) is 0 Å². The normalized spacial score (nSPS) is 10.3. The average molecular weight is 405 g/mol. The van der Waals surface area contributed by atoms with Gasteiger partial charge in [-0.25, -0.2) is 0 Å². The van der Waals surface area contributed by atoms with Gasteiger partial charge in [-0.15, -0.1) is 0 Å². The molecule has 0 fully saturated rings. The van der Waals surface area contributed by atoms with Gasteiger partial charge >= 0.3 is 0 Å². The van der Waals surface area contributed by atoms with Crippen LogP contribution < -0.4 is 34.4 Å². The van der Waals surface area contributed by atoms with Crippen molar-refractivity contribution in [3.8, 4) is 28.7 Å². The number of anilines is 1. The van der Waals surface area contributed by atoms with Crippen molar-refractivity contribution in [3.63, 3.8) is 0 Å². The van der Waals surface area contributed by atoms with E-state index < -0.39 is 0 Å². The first-order valence-electron chi connectivity index (χ1n) is 8.19. The van der Waals surface area contributed by atoms with Crippen LogP contribution in [0.1, 0.15) is 5.56 Å². The molecule has 0 aliphatic carbocycles. The van der Waals surface area contributed by atoms with Gasteiger partial charge in [0.05, 0.1) is 41.8 Å². The van der Waals surface area contributed by atoms with Gasteiger partial charge in [-0.2, -0.15) is 5.10 Å². The Balaban J connectivity index is 2.08. The van der Waals surface area contributed by atoms with Crippen LogP contribution in [0, 0.1) is 0 Å². The smallest absolute Gasteiger partial charge is 0.203 e. The summed E-state index contributed by atoms with van der Waals surface area (Å²) in [5, 5.41) is 7.47. The number of nitrogens with one attached hydrogen (secondary N) is 2. The highest BCUT2D eigenvalue weighted by Crippen LogP contribution is 2.39. The summed E-state index contributed by atoms with van der Waals surface area (Å²) in [6.07, 6.45) is 1.57. The third-order valence-corrected chi connectivity index (χ3v) is 3.94. The van der Waals surface area contributed by atoms with Crippen molar-refractivity contribution in [3.05, 3.63) is 35.9 Å². The summed E-state index contributed by atoms with van der Waals surface area (Å²) < 4.78 is 26.5. The number of hydrogen-bond acceptors (Lipinski definition) is 7. The van der Waals surface area contributed by atoms with E-state index in [9.17, 15) is 0 Å². The topological polar surface area (TPSA) is 82.6 Å². The average Bonchev–Trinajstić information content (AvgIpc) is 2.72. The van der Waals surface area contributed by atoms with E-state index in [0.29, 0.717) is 39.4 Å². The van der Waals surface area contributed by atoms with Gasteiger partial charge in [0, 0.05) is 17.3 Å². The second-order valence-electron chi connectivity index (χ2n) is 5.32. The van der Waals surface area contributed by atoms with E-state index in [1.807, 2.05) is 6.07 Å². The van der Waals surface area contributed by atoms with Gasteiger partial charge in [0.1, 0.15) is 0 Å². The quantitative estimate of drug-likeness (QED) is 0.394. The number of methoxy groups -OCH3 is 5. The minimum atomic E-state index is 0.308. The molecular formula is C19H23N3O5S. The largest absolute Gasteiger partial charge is 0.493 e. The molecule has 2 aromatic carbocycles. The third-order valence-electron chi connectivity index (χ3n) is 3.75. The highest BCUT2D eigenvalue weighted by atomic mass is 32.1. The lowest BCUT2D eigenvalue weighted by molar-refractivity contribution is 0.324. The van der Waals surface area contributed by atoms with Crippen LogP contribution in [-0.4, -0.2) is 46.9 Å². The van der Waals surface area contributed by atoms with E-state index in [1.165, 1.54) is 0 Å². The maximum Gasteiger partial charge on any atom is 0.203 e. The van der Waals surface area contributed by atoms with Crippen LogP contribution in [0.2, 0.25) is 0 Å². The maximum absolute atomic E-state index is 5.41. The lowest BCUT2D eigenvalue weighted by Gasteiger charge is -2.14. The summed E-state index contributed by atoms with van der Waals surface area (Å²) in [5.41, 5.74) is 4.18. The van der Waals surface area contributed by atoms with E-state index in [-0.39, 0.29) is 0 Å². The highest BCUT2D eigenvalue weighted by Gasteiger charge is 2.14. The summed E-state index contributed by atoms with van der Waals surface area (Å²) in [5.74, 6) is 2.78. The van der Waals surface area contributed by atoms with Gasteiger partial charge < -0.3 is 29.0 Å². The molecule has 0 aromatic heterocycles. The molecule has 2 N–H and O–H groups in total. The molecule has 2 aromatic rings. The van der Waals surface area contributed by atoms with Crippen molar-refractivity contribution in [1.82, 2.24) is 5.43 Å². The molecule has 0 saturated carbocycles. The fourth-order valence-corrected chi connectivity index (χ4v) is 2.63. The van der Waals surface area contributed by atoms with Crippen molar-refractivity contribution in [2.24, 2.45) is 5.10 Å². The first-order chi connectivity index (χ1) is 13.6. The number of nitrogens with zero attached hydrogens (tertiary/aromatic N) is 1. The van der Waals surface area contributed by atoms with Gasteiger partial charge in [-0.3, -0.25) is 5.43 Å². The minimum Gasteiger partial charge on any atom is -0.493 e. The number of benzene rings is 2.